The highest BCUT2D eigenvalue weighted by atomic mass is 16.5. The number of nitrogens with one attached hydrogen (secondary N) is 1. The van der Waals surface area contributed by atoms with Crippen LogP contribution in [0.5, 0.6) is 5.75 Å². The molecule has 1 saturated carbocycles. The first kappa shape index (κ1) is 19.2. The van der Waals surface area contributed by atoms with E-state index in [1.165, 1.54) is 0 Å². The predicted molar refractivity (Wildman–Crippen MR) is 95.6 cm³/mol. The minimum Gasteiger partial charge on any atom is -0.484 e. The van der Waals surface area contributed by atoms with Crippen molar-refractivity contribution >= 4 is 11.8 Å². The Morgan fingerprint density at radius 3 is 2.28 bits per heavy atom. The van der Waals surface area contributed by atoms with Gasteiger partial charge in [-0.1, -0.05) is 0 Å². The first-order valence-electron chi connectivity index (χ1n) is 9.03. The Kier molecular flexibility index (Phi) is 7.25. The van der Waals surface area contributed by atoms with Crippen LogP contribution in [-0.2, 0) is 4.79 Å². The number of amides is 2. The van der Waals surface area contributed by atoms with Crippen molar-refractivity contribution in [3.63, 3.8) is 0 Å². The van der Waals surface area contributed by atoms with Crippen LogP contribution in [-0.4, -0.2) is 53.7 Å². The highest BCUT2D eigenvalue weighted by molar-refractivity contribution is 5.94. The van der Waals surface area contributed by atoms with E-state index in [1.54, 1.807) is 29.2 Å². The summed E-state index contributed by atoms with van der Waals surface area (Å²) in [5.41, 5.74) is 0.612. The van der Waals surface area contributed by atoms with Crippen molar-refractivity contribution in [1.29, 1.82) is 0 Å². The van der Waals surface area contributed by atoms with E-state index < -0.39 is 0 Å². The van der Waals surface area contributed by atoms with Crippen LogP contribution in [0, 0.1) is 0 Å². The van der Waals surface area contributed by atoms with Gasteiger partial charge in [0.25, 0.3) is 11.8 Å². The zero-order valence-electron chi connectivity index (χ0n) is 15.0. The van der Waals surface area contributed by atoms with Gasteiger partial charge in [0.15, 0.2) is 6.61 Å². The molecule has 1 aliphatic carbocycles. The summed E-state index contributed by atoms with van der Waals surface area (Å²) in [6.07, 6.45) is 2.83. The summed E-state index contributed by atoms with van der Waals surface area (Å²) >= 11 is 0. The Morgan fingerprint density at radius 2 is 1.72 bits per heavy atom. The number of benzene rings is 1. The Hall–Kier alpha value is -2.08. The summed E-state index contributed by atoms with van der Waals surface area (Å²) in [6, 6.07) is 6.97. The van der Waals surface area contributed by atoms with Crippen molar-refractivity contribution in [2.24, 2.45) is 0 Å². The molecular weight excluding hydrogens is 320 g/mol. The molecule has 6 heteroatoms. The monoisotopic (exact) mass is 348 g/mol. The number of hydrogen-bond donors (Lipinski definition) is 2. The minimum atomic E-state index is -0.234. The van der Waals surface area contributed by atoms with Crippen LogP contribution in [0.2, 0.25) is 0 Å². The molecule has 0 spiro atoms. The van der Waals surface area contributed by atoms with E-state index in [1.807, 2.05) is 13.8 Å². The molecule has 1 aliphatic rings. The number of aliphatic hydroxyl groups is 1. The van der Waals surface area contributed by atoms with E-state index in [0.717, 1.165) is 25.7 Å². The average Bonchev–Trinajstić information content (AvgIpc) is 2.63. The van der Waals surface area contributed by atoms with E-state index in [9.17, 15) is 14.7 Å². The van der Waals surface area contributed by atoms with Crippen LogP contribution in [0.25, 0.3) is 0 Å². The summed E-state index contributed by atoms with van der Waals surface area (Å²) in [5, 5.41) is 12.4. The molecule has 6 nitrogen and oxygen atoms in total. The normalized spacial score (nSPS) is 20.0. The van der Waals surface area contributed by atoms with E-state index in [-0.39, 0.29) is 30.6 Å². The Bertz CT molecular complexity index is 561. The van der Waals surface area contributed by atoms with Crippen LogP contribution in [0.4, 0.5) is 0 Å². The standard InChI is InChI=1S/C19H28N2O4/c1-3-21(4-2)19(24)14-5-11-17(12-6-14)25-13-18(23)20-15-7-9-16(22)10-8-15/h5-6,11-12,15-16,22H,3-4,7-10,13H2,1-2H3,(H,20,23). The summed E-state index contributed by atoms with van der Waals surface area (Å²) < 4.78 is 5.49. The number of ether oxygens (including phenoxy) is 1. The maximum absolute atomic E-state index is 12.2. The van der Waals surface area contributed by atoms with Gasteiger partial charge in [-0.05, 0) is 63.8 Å². The van der Waals surface area contributed by atoms with Crippen LogP contribution in [0.1, 0.15) is 49.9 Å². The molecule has 0 aromatic heterocycles. The molecule has 138 valence electrons. The molecule has 1 fully saturated rings. The number of carbonyl (C=O) groups excluding carboxylic acids is 2. The molecule has 0 heterocycles. The van der Waals surface area contributed by atoms with Crippen LogP contribution >= 0.6 is 0 Å². The number of nitrogens with zero attached hydrogens (tertiary/aromatic N) is 1. The third-order valence-electron chi connectivity index (χ3n) is 4.58. The smallest absolute Gasteiger partial charge is 0.258 e. The second kappa shape index (κ2) is 9.42. The number of hydrogen-bond acceptors (Lipinski definition) is 4. The van der Waals surface area contributed by atoms with E-state index >= 15 is 0 Å². The lowest BCUT2D eigenvalue weighted by molar-refractivity contribution is -0.124. The van der Waals surface area contributed by atoms with Gasteiger partial charge in [0.1, 0.15) is 5.75 Å². The van der Waals surface area contributed by atoms with Gasteiger partial charge in [-0.2, -0.15) is 0 Å². The molecule has 2 N–H and O–H groups in total. The highest BCUT2D eigenvalue weighted by Crippen LogP contribution is 2.18. The van der Waals surface area contributed by atoms with Crippen molar-refractivity contribution in [2.75, 3.05) is 19.7 Å². The van der Waals surface area contributed by atoms with Crippen molar-refractivity contribution < 1.29 is 19.4 Å². The number of carbonyl (C=O) groups is 2. The fraction of sp³-hybridized carbons (Fsp3) is 0.579. The predicted octanol–water partition coefficient (Wildman–Crippen LogP) is 1.97. The van der Waals surface area contributed by atoms with E-state index in [2.05, 4.69) is 5.32 Å². The Balaban J connectivity index is 1.79. The molecule has 2 rings (SSSR count). The van der Waals surface area contributed by atoms with Gasteiger partial charge in [0.05, 0.1) is 6.10 Å². The lowest BCUT2D eigenvalue weighted by Gasteiger charge is -2.26. The zero-order chi connectivity index (χ0) is 18.2. The number of rotatable bonds is 7. The molecule has 0 bridgehead atoms. The van der Waals surface area contributed by atoms with Gasteiger partial charge < -0.3 is 20.1 Å². The Labute approximate surface area is 149 Å². The SMILES string of the molecule is CCN(CC)C(=O)c1ccc(OCC(=O)NC2CCC(O)CC2)cc1. The van der Waals surface area contributed by atoms with E-state index in [0.29, 0.717) is 24.4 Å². The van der Waals surface area contributed by atoms with Gasteiger partial charge in [-0.15, -0.1) is 0 Å². The Morgan fingerprint density at radius 1 is 1.12 bits per heavy atom. The second-order valence-corrected chi connectivity index (χ2v) is 6.36. The number of aliphatic hydroxyl groups excluding tert-OH is 1. The third kappa shape index (κ3) is 5.74. The van der Waals surface area contributed by atoms with Crippen LogP contribution < -0.4 is 10.1 Å². The lowest BCUT2D eigenvalue weighted by Crippen LogP contribution is -2.40. The van der Waals surface area contributed by atoms with Gasteiger partial charge in [0, 0.05) is 24.7 Å². The molecule has 0 atom stereocenters. The molecule has 1 aromatic rings. The zero-order valence-corrected chi connectivity index (χ0v) is 15.0. The topological polar surface area (TPSA) is 78.9 Å². The van der Waals surface area contributed by atoms with Crippen molar-refractivity contribution in [3.05, 3.63) is 29.8 Å². The van der Waals surface area contributed by atoms with Gasteiger partial charge in [-0.3, -0.25) is 9.59 Å². The highest BCUT2D eigenvalue weighted by Gasteiger charge is 2.20. The molecule has 0 aliphatic heterocycles. The molecular formula is C19H28N2O4. The first-order chi connectivity index (χ1) is 12.0. The molecule has 1 aromatic carbocycles. The molecule has 0 radical (unpaired) electrons. The molecule has 2 amide bonds. The first-order valence-corrected chi connectivity index (χ1v) is 9.03. The summed E-state index contributed by atoms with van der Waals surface area (Å²) in [7, 11) is 0. The van der Waals surface area contributed by atoms with Crippen LogP contribution in [0.3, 0.4) is 0 Å². The maximum atomic E-state index is 12.2. The van der Waals surface area contributed by atoms with Crippen molar-refractivity contribution in [2.45, 2.75) is 51.7 Å². The van der Waals surface area contributed by atoms with Crippen LogP contribution in [0.15, 0.2) is 24.3 Å². The average molecular weight is 348 g/mol. The van der Waals surface area contributed by atoms with Crippen molar-refractivity contribution in [3.8, 4) is 5.75 Å². The fourth-order valence-corrected chi connectivity index (χ4v) is 3.03. The fourth-order valence-electron chi connectivity index (χ4n) is 3.03. The van der Waals surface area contributed by atoms with E-state index in [4.69, 9.17) is 4.74 Å². The van der Waals surface area contributed by atoms with Gasteiger partial charge in [0.2, 0.25) is 0 Å². The maximum Gasteiger partial charge on any atom is 0.258 e. The molecule has 25 heavy (non-hydrogen) atoms. The molecule has 0 saturated heterocycles. The van der Waals surface area contributed by atoms with Gasteiger partial charge in [-0.25, -0.2) is 0 Å². The summed E-state index contributed by atoms with van der Waals surface area (Å²) in [4.78, 5) is 25.9. The third-order valence-corrected chi connectivity index (χ3v) is 4.58. The minimum absolute atomic E-state index is 0.00576. The molecule has 0 unspecified atom stereocenters. The van der Waals surface area contributed by atoms with Gasteiger partial charge >= 0.3 is 0 Å². The summed E-state index contributed by atoms with van der Waals surface area (Å²) in [6.45, 7) is 5.19. The largest absolute Gasteiger partial charge is 0.484 e. The van der Waals surface area contributed by atoms with Crippen molar-refractivity contribution in [1.82, 2.24) is 10.2 Å². The quantitative estimate of drug-likeness (QED) is 0.790. The second-order valence-electron chi connectivity index (χ2n) is 6.36. The summed E-state index contributed by atoms with van der Waals surface area (Å²) in [5.74, 6) is 0.392. The lowest BCUT2D eigenvalue weighted by atomic mass is 9.93.